The number of aryl methyl sites for hydroxylation is 1. The third-order valence-electron chi connectivity index (χ3n) is 3.32. The summed E-state index contributed by atoms with van der Waals surface area (Å²) in [6.07, 6.45) is 0.177. The second-order valence-corrected chi connectivity index (χ2v) is 5.68. The number of hydrogen-bond donors (Lipinski definition) is 0. The number of nitrogens with zero attached hydrogens (tertiary/aromatic N) is 4. The van der Waals surface area contributed by atoms with Crippen LogP contribution in [-0.2, 0) is 6.54 Å². The highest BCUT2D eigenvalue weighted by Gasteiger charge is 2.32. The molecule has 2 heterocycles. The number of aromatic nitrogens is 2. The third kappa shape index (κ3) is 3.33. The fraction of sp³-hybridized carbons (Fsp3) is 0.467. The molecule has 0 bridgehead atoms. The van der Waals surface area contributed by atoms with Crippen LogP contribution in [0.15, 0.2) is 28.7 Å². The van der Waals surface area contributed by atoms with Gasteiger partial charge in [-0.2, -0.15) is 0 Å². The largest absolute Gasteiger partial charge is 0.487 e. The van der Waals surface area contributed by atoms with E-state index >= 15 is 0 Å². The molecule has 0 saturated carbocycles. The monoisotopic (exact) mass is 288 g/mol. The molecule has 1 fully saturated rings. The van der Waals surface area contributed by atoms with Crippen LogP contribution in [0.2, 0.25) is 0 Å². The highest BCUT2D eigenvalue weighted by molar-refractivity contribution is 5.33. The number of hydrogen-bond acceptors (Lipinski definition) is 6. The van der Waals surface area contributed by atoms with E-state index in [1.54, 1.807) is 0 Å². The van der Waals surface area contributed by atoms with Crippen molar-refractivity contribution in [2.24, 2.45) is 0 Å². The van der Waals surface area contributed by atoms with Crippen molar-refractivity contribution in [1.82, 2.24) is 15.1 Å². The molecule has 0 unspecified atom stereocenters. The molecule has 3 rings (SSSR count). The fourth-order valence-corrected chi connectivity index (χ4v) is 2.26. The second kappa shape index (κ2) is 5.73. The first-order chi connectivity index (χ1) is 10.1. The fourth-order valence-electron chi connectivity index (χ4n) is 2.26. The molecule has 1 aliphatic rings. The van der Waals surface area contributed by atoms with Crippen LogP contribution in [-0.4, -0.2) is 48.4 Å². The van der Waals surface area contributed by atoms with Crippen molar-refractivity contribution in [1.29, 1.82) is 0 Å². The minimum Gasteiger partial charge on any atom is -0.487 e. The summed E-state index contributed by atoms with van der Waals surface area (Å²) in [5.41, 5.74) is 1.20. The minimum atomic E-state index is 0.177. The molecule has 2 aromatic rings. The first kappa shape index (κ1) is 13.9. The molecule has 1 aromatic carbocycles. The standard InChI is InChI=1S/C15H20N4O2/c1-11-5-4-6-12(7-11)20-13-8-19(9-13)15-17-16-14(21-15)10-18(2)3/h4-7,13H,8-10H2,1-3H3. The molecular weight excluding hydrogens is 268 g/mol. The molecular formula is C15H20N4O2. The third-order valence-corrected chi connectivity index (χ3v) is 3.32. The lowest BCUT2D eigenvalue weighted by molar-refractivity contribution is 0.161. The highest BCUT2D eigenvalue weighted by atomic mass is 16.5. The van der Waals surface area contributed by atoms with E-state index in [1.165, 1.54) is 5.56 Å². The van der Waals surface area contributed by atoms with Crippen LogP contribution in [0.25, 0.3) is 0 Å². The van der Waals surface area contributed by atoms with Gasteiger partial charge >= 0.3 is 6.01 Å². The summed E-state index contributed by atoms with van der Waals surface area (Å²) >= 11 is 0. The van der Waals surface area contributed by atoms with Gasteiger partial charge in [0.05, 0.1) is 19.6 Å². The Balaban J connectivity index is 1.52. The number of rotatable bonds is 5. The van der Waals surface area contributed by atoms with Gasteiger partial charge in [-0.25, -0.2) is 0 Å². The van der Waals surface area contributed by atoms with Crippen LogP contribution in [0.1, 0.15) is 11.5 Å². The Kier molecular flexibility index (Phi) is 3.79. The summed E-state index contributed by atoms with van der Waals surface area (Å²) in [6.45, 7) is 4.27. The van der Waals surface area contributed by atoms with Gasteiger partial charge in [0.1, 0.15) is 11.9 Å². The van der Waals surface area contributed by atoms with E-state index < -0.39 is 0 Å². The van der Waals surface area contributed by atoms with Gasteiger partial charge in [0.2, 0.25) is 5.89 Å². The lowest BCUT2D eigenvalue weighted by Gasteiger charge is -2.37. The molecule has 0 N–H and O–H groups in total. The quantitative estimate of drug-likeness (QED) is 0.835. The smallest absolute Gasteiger partial charge is 0.318 e. The van der Waals surface area contributed by atoms with Crippen LogP contribution in [0.4, 0.5) is 6.01 Å². The van der Waals surface area contributed by atoms with Gasteiger partial charge in [0.15, 0.2) is 0 Å². The Bertz CT molecular complexity index is 605. The van der Waals surface area contributed by atoms with E-state index in [0.717, 1.165) is 18.8 Å². The molecule has 6 heteroatoms. The number of anilines is 1. The Hall–Kier alpha value is -2.08. The number of benzene rings is 1. The van der Waals surface area contributed by atoms with Gasteiger partial charge in [-0.15, -0.1) is 5.10 Å². The first-order valence-corrected chi connectivity index (χ1v) is 7.05. The lowest BCUT2D eigenvalue weighted by Crippen LogP contribution is -2.54. The van der Waals surface area contributed by atoms with Gasteiger partial charge in [0.25, 0.3) is 0 Å². The predicted molar refractivity (Wildman–Crippen MR) is 79.5 cm³/mol. The van der Waals surface area contributed by atoms with Gasteiger partial charge in [0, 0.05) is 0 Å². The first-order valence-electron chi connectivity index (χ1n) is 7.05. The van der Waals surface area contributed by atoms with Gasteiger partial charge in [-0.3, -0.25) is 0 Å². The lowest BCUT2D eigenvalue weighted by atomic mass is 10.2. The normalized spacial score (nSPS) is 15.3. The average Bonchev–Trinajstić information content (AvgIpc) is 2.80. The predicted octanol–water partition coefficient (Wildman–Crippen LogP) is 1.71. The summed E-state index contributed by atoms with van der Waals surface area (Å²) in [4.78, 5) is 4.03. The van der Waals surface area contributed by atoms with E-state index in [0.29, 0.717) is 18.5 Å². The summed E-state index contributed by atoms with van der Waals surface area (Å²) in [7, 11) is 3.94. The molecule has 1 aromatic heterocycles. The molecule has 0 spiro atoms. The van der Waals surface area contributed by atoms with Crippen LogP contribution in [0.3, 0.4) is 0 Å². The van der Waals surface area contributed by atoms with E-state index in [-0.39, 0.29) is 6.10 Å². The molecule has 0 atom stereocenters. The summed E-state index contributed by atoms with van der Waals surface area (Å²) < 4.78 is 11.5. The van der Waals surface area contributed by atoms with Gasteiger partial charge in [-0.05, 0) is 38.7 Å². The van der Waals surface area contributed by atoms with E-state index in [2.05, 4.69) is 23.2 Å². The van der Waals surface area contributed by atoms with Crippen LogP contribution < -0.4 is 9.64 Å². The summed E-state index contributed by atoms with van der Waals surface area (Å²) in [5.74, 6) is 1.55. The summed E-state index contributed by atoms with van der Waals surface area (Å²) in [5, 5.41) is 8.11. The van der Waals surface area contributed by atoms with Crippen LogP contribution in [0.5, 0.6) is 5.75 Å². The van der Waals surface area contributed by atoms with E-state index in [9.17, 15) is 0 Å². The molecule has 1 aliphatic heterocycles. The maximum atomic E-state index is 5.91. The van der Waals surface area contributed by atoms with Crippen molar-refractivity contribution in [3.8, 4) is 5.75 Å². The minimum absolute atomic E-state index is 0.177. The molecule has 0 aliphatic carbocycles. The van der Waals surface area contributed by atoms with Gasteiger partial charge < -0.3 is 19.0 Å². The zero-order valence-corrected chi connectivity index (χ0v) is 12.6. The Labute approximate surface area is 124 Å². The van der Waals surface area contributed by atoms with Crippen molar-refractivity contribution in [2.45, 2.75) is 19.6 Å². The van der Waals surface area contributed by atoms with Crippen LogP contribution >= 0.6 is 0 Å². The zero-order valence-electron chi connectivity index (χ0n) is 12.6. The Morgan fingerprint density at radius 2 is 2.14 bits per heavy atom. The number of ether oxygens (including phenoxy) is 1. The Morgan fingerprint density at radius 1 is 1.33 bits per heavy atom. The molecule has 0 radical (unpaired) electrons. The van der Waals surface area contributed by atoms with E-state index in [1.807, 2.05) is 42.1 Å². The molecule has 21 heavy (non-hydrogen) atoms. The van der Waals surface area contributed by atoms with Gasteiger partial charge in [-0.1, -0.05) is 17.2 Å². The SMILES string of the molecule is Cc1cccc(OC2CN(c3nnc(CN(C)C)o3)C2)c1. The highest BCUT2D eigenvalue weighted by Crippen LogP contribution is 2.23. The second-order valence-electron chi connectivity index (χ2n) is 5.68. The maximum absolute atomic E-state index is 5.91. The van der Waals surface area contributed by atoms with Crippen molar-refractivity contribution in [3.63, 3.8) is 0 Å². The average molecular weight is 288 g/mol. The van der Waals surface area contributed by atoms with Crippen molar-refractivity contribution < 1.29 is 9.15 Å². The van der Waals surface area contributed by atoms with Crippen molar-refractivity contribution >= 4 is 6.01 Å². The molecule has 0 amide bonds. The Morgan fingerprint density at radius 3 is 2.86 bits per heavy atom. The molecule has 112 valence electrons. The van der Waals surface area contributed by atoms with Crippen molar-refractivity contribution in [2.75, 3.05) is 32.1 Å². The molecule has 6 nitrogen and oxygen atoms in total. The van der Waals surface area contributed by atoms with Crippen LogP contribution in [0, 0.1) is 6.92 Å². The topological polar surface area (TPSA) is 54.6 Å². The molecule has 1 saturated heterocycles. The summed E-state index contributed by atoms with van der Waals surface area (Å²) in [6, 6.07) is 8.68. The van der Waals surface area contributed by atoms with E-state index in [4.69, 9.17) is 9.15 Å². The maximum Gasteiger partial charge on any atom is 0.318 e. The zero-order chi connectivity index (χ0) is 14.8. The van der Waals surface area contributed by atoms with Crippen molar-refractivity contribution in [3.05, 3.63) is 35.7 Å².